The number of fused-ring (bicyclic) bond motifs is 1. The van der Waals surface area contributed by atoms with Crippen LogP contribution >= 0.6 is 0 Å². The maximum Gasteiger partial charge on any atom is 0.347 e. The first-order valence-electron chi connectivity index (χ1n) is 6.06. The molecule has 0 fully saturated rings. The molecule has 0 N–H and O–H groups in total. The predicted octanol–water partition coefficient (Wildman–Crippen LogP) is 3.50. The molecule has 1 heterocycles. The van der Waals surface area contributed by atoms with E-state index in [1.165, 1.54) is 18.2 Å². The van der Waals surface area contributed by atoms with Crippen molar-refractivity contribution in [2.75, 3.05) is 0 Å². The number of halogens is 1. The molecule has 0 unspecified atom stereocenters. The lowest BCUT2D eigenvalue weighted by Gasteiger charge is -1.97. The van der Waals surface area contributed by atoms with Crippen LogP contribution in [0.15, 0.2) is 57.7 Å². The molecule has 0 bridgehead atoms. The Morgan fingerprint density at radius 2 is 1.85 bits per heavy atom. The number of aromatic nitrogens is 1. The molecule has 1 aromatic heterocycles. The van der Waals surface area contributed by atoms with Gasteiger partial charge in [-0.2, -0.15) is 0 Å². The first-order chi connectivity index (χ1) is 9.72. The van der Waals surface area contributed by atoms with Crippen LogP contribution in [-0.2, 0) is 0 Å². The summed E-state index contributed by atoms with van der Waals surface area (Å²) in [4.78, 5) is 15.9. The summed E-state index contributed by atoms with van der Waals surface area (Å²) in [6, 6.07) is 13.3. The third-order valence-electron chi connectivity index (χ3n) is 2.83. The molecule has 0 aliphatic rings. The standard InChI is InChI=1S/C16H10FNO2/c17-12-7-8-13-14(10-12)18-15(20-16(13)19)9-6-11-4-2-1-3-5-11/h1-10H/b9-6+. The summed E-state index contributed by atoms with van der Waals surface area (Å²) in [5.41, 5.74) is 0.716. The van der Waals surface area contributed by atoms with E-state index < -0.39 is 11.4 Å². The summed E-state index contributed by atoms with van der Waals surface area (Å²) in [5.74, 6) is -0.287. The van der Waals surface area contributed by atoms with E-state index in [4.69, 9.17) is 4.42 Å². The van der Waals surface area contributed by atoms with E-state index in [-0.39, 0.29) is 16.8 Å². The fourth-order valence-corrected chi connectivity index (χ4v) is 1.86. The molecule has 0 aliphatic carbocycles. The molecule has 3 rings (SSSR count). The van der Waals surface area contributed by atoms with Crippen LogP contribution in [0.3, 0.4) is 0 Å². The number of nitrogens with zero attached hydrogens (tertiary/aromatic N) is 1. The highest BCUT2D eigenvalue weighted by Gasteiger charge is 2.05. The fraction of sp³-hybridized carbons (Fsp3) is 0. The molecule has 20 heavy (non-hydrogen) atoms. The lowest BCUT2D eigenvalue weighted by atomic mass is 10.2. The Morgan fingerprint density at radius 1 is 1.05 bits per heavy atom. The summed E-state index contributed by atoms with van der Waals surface area (Å²) < 4.78 is 18.2. The van der Waals surface area contributed by atoms with Gasteiger partial charge in [0.05, 0.1) is 10.9 Å². The van der Waals surface area contributed by atoms with E-state index in [9.17, 15) is 9.18 Å². The summed E-state index contributed by atoms with van der Waals surface area (Å²) in [5, 5.41) is 0.267. The van der Waals surface area contributed by atoms with Gasteiger partial charge in [-0.05, 0) is 23.8 Å². The SMILES string of the molecule is O=c1oc(/C=C/c2ccccc2)nc2cc(F)ccc12. The van der Waals surface area contributed by atoms with Crippen LogP contribution in [0.5, 0.6) is 0 Å². The summed E-state index contributed by atoms with van der Waals surface area (Å²) in [6.45, 7) is 0. The molecule has 0 aliphatic heterocycles. The quantitative estimate of drug-likeness (QED) is 0.713. The lowest BCUT2D eigenvalue weighted by molar-refractivity contribution is 0.490. The molecule has 3 aromatic rings. The topological polar surface area (TPSA) is 43.1 Å². The fourth-order valence-electron chi connectivity index (χ4n) is 1.86. The molecule has 0 saturated heterocycles. The maximum atomic E-state index is 13.2. The van der Waals surface area contributed by atoms with E-state index in [1.54, 1.807) is 12.2 Å². The van der Waals surface area contributed by atoms with Gasteiger partial charge in [0, 0.05) is 12.1 Å². The van der Waals surface area contributed by atoms with E-state index in [0.717, 1.165) is 5.56 Å². The van der Waals surface area contributed by atoms with Crippen LogP contribution in [0, 0.1) is 5.82 Å². The molecule has 0 amide bonds. The third kappa shape index (κ3) is 2.49. The van der Waals surface area contributed by atoms with E-state index in [1.807, 2.05) is 30.3 Å². The number of hydrogen-bond donors (Lipinski definition) is 0. The molecule has 0 atom stereocenters. The average Bonchev–Trinajstić information content (AvgIpc) is 2.46. The maximum absolute atomic E-state index is 13.2. The van der Waals surface area contributed by atoms with Crippen molar-refractivity contribution < 1.29 is 8.81 Å². The van der Waals surface area contributed by atoms with Crippen molar-refractivity contribution >= 4 is 23.1 Å². The highest BCUT2D eigenvalue weighted by Crippen LogP contribution is 2.12. The van der Waals surface area contributed by atoms with Crippen molar-refractivity contribution in [1.29, 1.82) is 0 Å². The van der Waals surface area contributed by atoms with E-state index in [2.05, 4.69) is 4.98 Å². The average molecular weight is 267 g/mol. The Labute approximate surface area is 114 Å². The van der Waals surface area contributed by atoms with Crippen LogP contribution in [0.2, 0.25) is 0 Å². The first kappa shape index (κ1) is 12.3. The Kier molecular flexibility index (Phi) is 3.13. The third-order valence-corrected chi connectivity index (χ3v) is 2.83. The minimum absolute atomic E-state index is 0.150. The van der Waals surface area contributed by atoms with Gasteiger partial charge in [-0.25, -0.2) is 14.2 Å². The Hall–Kier alpha value is -2.75. The van der Waals surface area contributed by atoms with Gasteiger partial charge >= 0.3 is 5.63 Å². The highest BCUT2D eigenvalue weighted by atomic mass is 19.1. The second kappa shape index (κ2) is 5.09. The van der Waals surface area contributed by atoms with Gasteiger partial charge in [0.2, 0.25) is 5.89 Å². The first-order valence-corrected chi connectivity index (χ1v) is 6.06. The van der Waals surface area contributed by atoms with Gasteiger partial charge in [0.15, 0.2) is 0 Å². The number of hydrogen-bond acceptors (Lipinski definition) is 3. The molecule has 0 radical (unpaired) electrons. The van der Waals surface area contributed by atoms with Gasteiger partial charge in [-0.1, -0.05) is 30.3 Å². The van der Waals surface area contributed by atoms with Gasteiger partial charge in [-0.15, -0.1) is 0 Å². The van der Waals surface area contributed by atoms with Crippen LogP contribution in [0.4, 0.5) is 4.39 Å². The van der Waals surface area contributed by atoms with E-state index >= 15 is 0 Å². The molecule has 3 nitrogen and oxygen atoms in total. The van der Waals surface area contributed by atoms with Gasteiger partial charge in [0.25, 0.3) is 0 Å². The molecule has 2 aromatic carbocycles. The van der Waals surface area contributed by atoms with Crippen LogP contribution in [0.1, 0.15) is 11.5 Å². The van der Waals surface area contributed by atoms with Crippen LogP contribution < -0.4 is 5.63 Å². The van der Waals surface area contributed by atoms with Gasteiger partial charge in [-0.3, -0.25) is 0 Å². The van der Waals surface area contributed by atoms with Crippen molar-refractivity contribution in [3.63, 3.8) is 0 Å². The normalized spacial score (nSPS) is 11.2. The second-order valence-electron chi connectivity index (χ2n) is 4.25. The summed E-state index contributed by atoms with van der Waals surface area (Å²) in [6.07, 6.45) is 3.36. The Bertz CT molecular complexity index is 838. The number of benzene rings is 2. The molecule has 0 spiro atoms. The highest BCUT2D eigenvalue weighted by molar-refractivity contribution is 5.78. The van der Waals surface area contributed by atoms with Crippen molar-refractivity contribution in [2.24, 2.45) is 0 Å². The molecular weight excluding hydrogens is 257 g/mol. The van der Waals surface area contributed by atoms with E-state index in [0.29, 0.717) is 0 Å². The van der Waals surface area contributed by atoms with Gasteiger partial charge in [0.1, 0.15) is 5.82 Å². The number of rotatable bonds is 2. The zero-order chi connectivity index (χ0) is 13.9. The Morgan fingerprint density at radius 3 is 2.65 bits per heavy atom. The predicted molar refractivity (Wildman–Crippen MR) is 75.6 cm³/mol. The summed E-state index contributed by atoms with van der Waals surface area (Å²) in [7, 11) is 0. The molecule has 0 saturated carbocycles. The lowest BCUT2D eigenvalue weighted by Crippen LogP contribution is -2.03. The van der Waals surface area contributed by atoms with Crippen LogP contribution in [-0.4, -0.2) is 4.98 Å². The molecular formula is C16H10FNO2. The zero-order valence-corrected chi connectivity index (χ0v) is 10.4. The van der Waals surface area contributed by atoms with Crippen molar-refractivity contribution in [2.45, 2.75) is 0 Å². The monoisotopic (exact) mass is 267 g/mol. The molecule has 98 valence electrons. The minimum Gasteiger partial charge on any atom is -0.404 e. The summed E-state index contributed by atoms with van der Waals surface area (Å²) >= 11 is 0. The van der Waals surface area contributed by atoms with Gasteiger partial charge < -0.3 is 4.42 Å². The van der Waals surface area contributed by atoms with Crippen LogP contribution in [0.25, 0.3) is 23.1 Å². The van der Waals surface area contributed by atoms with Crippen molar-refractivity contribution in [1.82, 2.24) is 4.98 Å². The zero-order valence-electron chi connectivity index (χ0n) is 10.4. The van der Waals surface area contributed by atoms with Crippen molar-refractivity contribution in [3.8, 4) is 0 Å². The minimum atomic E-state index is -0.525. The Balaban J connectivity index is 2.05. The van der Waals surface area contributed by atoms with Crippen molar-refractivity contribution in [3.05, 3.63) is 76.2 Å². The molecule has 4 heteroatoms. The smallest absolute Gasteiger partial charge is 0.347 e. The largest absolute Gasteiger partial charge is 0.404 e. The second-order valence-corrected chi connectivity index (χ2v) is 4.25.